The molecule has 1 fully saturated rings. The monoisotopic (exact) mass is 491 g/mol. The van der Waals surface area contributed by atoms with Crippen LogP contribution >= 0.6 is 11.8 Å². The molecule has 3 aromatic rings. The smallest absolute Gasteiger partial charge is 0.293 e. The van der Waals surface area contributed by atoms with Crippen molar-refractivity contribution in [3.63, 3.8) is 0 Å². The maximum Gasteiger partial charge on any atom is 0.293 e. The number of carbonyl (C=O) groups excluding carboxylic acids is 3. The topological polar surface area (TPSA) is 102 Å². The molecule has 1 aliphatic heterocycles. The highest BCUT2D eigenvalue weighted by Gasteiger charge is 2.34. The lowest BCUT2D eigenvalue weighted by molar-refractivity contribution is -0.124. The number of ether oxygens (including phenoxy) is 1. The van der Waals surface area contributed by atoms with Gasteiger partial charge in [0.1, 0.15) is 18.1 Å². The summed E-state index contributed by atoms with van der Waals surface area (Å²) in [5, 5.41) is 6.35. The van der Waals surface area contributed by atoms with Gasteiger partial charge in [-0.3, -0.25) is 19.3 Å². The van der Waals surface area contributed by atoms with Gasteiger partial charge in [-0.1, -0.05) is 47.6 Å². The molecular formula is C26H25N3O5S. The molecule has 0 radical (unpaired) electrons. The summed E-state index contributed by atoms with van der Waals surface area (Å²) in [6, 6.07) is 16.6. The lowest BCUT2D eigenvalue weighted by atomic mass is 10.1. The number of aromatic nitrogens is 1. The number of rotatable bonds is 9. The van der Waals surface area contributed by atoms with Crippen molar-refractivity contribution in [1.82, 2.24) is 15.4 Å². The Balaban J connectivity index is 1.22. The van der Waals surface area contributed by atoms with Gasteiger partial charge in [0, 0.05) is 13.1 Å². The Morgan fingerprint density at radius 2 is 1.86 bits per heavy atom. The molecule has 0 atom stereocenters. The molecule has 0 aliphatic carbocycles. The van der Waals surface area contributed by atoms with Crippen molar-refractivity contribution >= 4 is 34.9 Å². The Morgan fingerprint density at radius 1 is 1.11 bits per heavy atom. The average molecular weight is 492 g/mol. The van der Waals surface area contributed by atoms with Crippen LogP contribution in [0.15, 0.2) is 64.0 Å². The van der Waals surface area contributed by atoms with Gasteiger partial charge in [-0.05, 0) is 54.9 Å². The van der Waals surface area contributed by atoms with Crippen LogP contribution in [0, 0.1) is 13.8 Å². The summed E-state index contributed by atoms with van der Waals surface area (Å²) in [4.78, 5) is 38.7. The highest BCUT2D eigenvalue weighted by molar-refractivity contribution is 8.18. The molecule has 1 aliphatic rings. The molecule has 0 bridgehead atoms. The summed E-state index contributed by atoms with van der Waals surface area (Å²) in [5.74, 6) is 0.874. The van der Waals surface area contributed by atoms with E-state index in [0.29, 0.717) is 17.3 Å². The highest BCUT2D eigenvalue weighted by Crippen LogP contribution is 2.31. The zero-order valence-electron chi connectivity index (χ0n) is 19.4. The molecule has 35 heavy (non-hydrogen) atoms. The quantitative estimate of drug-likeness (QED) is 0.446. The van der Waals surface area contributed by atoms with E-state index in [1.807, 2.05) is 56.3 Å². The fourth-order valence-electron chi connectivity index (χ4n) is 3.52. The standard InChI is InChI=1S/C26H25N3O5S/c1-17-22(18(2)34-28-17)16-33-21-10-8-20(9-11-21)15-24(30)27-12-13-29-25(31)23(35-26(29)32)14-19-6-4-3-5-7-19/h3-11,14H,12-13,15-16H2,1-2H3,(H,27,30). The molecule has 8 nitrogen and oxygen atoms in total. The Morgan fingerprint density at radius 3 is 2.54 bits per heavy atom. The van der Waals surface area contributed by atoms with Gasteiger partial charge in [0.05, 0.1) is 22.6 Å². The first kappa shape index (κ1) is 24.3. The fourth-order valence-corrected chi connectivity index (χ4v) is 4.38. The average Bonchev–Trinajstić information content (AvgIpc) is 3.31. The third-order valence-electron chi connectivity index (χ3n) is 5.48. The molecule has 4 rings (SSSR count). The second-order valence-electron chi connectivity index (χ2n) is 8.01. The van der Waals surface area contributed by atoms with Crippen molar-refractivity contribution in [3.05, 3.63) is 87.6 Å². The zero-order valence-corrected chi connectivity index (χ0v) is 20.3. The van der Waals surface area contributed by atoms with Crippen molar-refractivity contribution in [2.24, 2.45) is 0 Å². The molecule has 2 heterocycles. The molecular weight excluding hydrogens is 466 g/mol. The van der Waals surface area contributed by atoms with Crippen molar-refractivity contribution in [2.75, 3.05) is 13.1 Å². The van der Waals surface area contributed by atoms with Crippen LogP contribution in [0.4, 0.5) is 4.79 Å². The van der Waals surface area contributed by atoms with E-state index in [4.69, 9.17) is 9.26 Å². The summed E-state index contributed by atoms with van der Waals surface area (Å²) >= 11 is 0.909. The molecule has 180 valence electrons. The van der Waals surface area contributed by atoms with E-state index in [2.05, 4.69) is 10.5 Å². The number of nitrogens with zero attached hydrogens (tertiary/aromatic N) is 2. The second-order valence-corrected chi connectivity index (χ2v) is 9.00. The van der Waals surface area contributed by atoms with Crippen LogP contribution in [0.2, 0.25) is 0 Å². The summed E-state index contributed by atoms with van der Waals surface area (Å²) in [7, 11) is 0. The van der Waals surface area contributed by atoms with Crippen molar-refractivity contribution in [1.29, 1.82) is 0 Å². The van der Waals surface area contributed by atoms with E-state index >= 15 is 0 Å². The first-order valence-electron chi connectivity index (χ1n) is 11.1. The second kappa shape index (κ2) is 11.1. The molecule has 3 amide bonds. The Hall–Kier alpha value is -3.85. The maximum absolute atomic E-state index is 12.6. The van der Waals surface area contributed by atoms with Crippen LogP contribution in [-0.2, 0) is 22.6 Å². The van der Waals surface area contributed by atoms with Crippen molar-refractivity contribution in [2.45, 2.75) is 26.9 Å². The predicted octanol–water partition coefficient (Wildman–Crippen LogP) is 4.27. The number of hydrogen-bond acceptors (Lipinski definition) is 7. The van der Waals surface area contributed by atoms with Crippen LogP contribution in [0.25, 0.3) is 6.08 Å². The summed E-state index contributed by atoms with van der Waals surface area (Å²) in [6.07, 6.45) is 1.88. The zero-order chi connectivity index (χ0) is 24.8. The number of aryl methyl sites for hydroxylation is 2. The van der Waals surface area contributed by atoms with Gasteiger partial charge in [0.2, 0.25) is 5.91 Å². The Labute approximate surface area is 207 Å². The third kappa shape index (κ3) is 6.19. The van der Waals surface area contributed by atoms with Gasteiger partial charge in [0.15, 0.2) is 0 Å². The van der Waals surface area contributed by atoms with Gasteiger partial charge in [-0.2, -0.15) is 0 Å². The normalized spacial score (nSPS) is 14.6. The van der Waals surface area contributed by atoms with Crippen molar-refractivity contribution in [3.8, 4) is 5.75 Å². The molecule has 2 aromatic carbocycles. The summed E-state index contributed by atoms with van der Waals surface area (Å²) < 4.78 is 10.9. The van der Waals surface area contributed by atoms with E-state index in [1.54, 1.807) is 18.2 Å². The number of nitrogens with one attached hydrogen (secondary N) is 1. The van der Waals surface area contributed by atoms with Gasteiger partial charge in [0.25, 0.3) is 11.1 Å². The number of hydrogen-bond donors (Lipinski definition) is 1. The first-order valence-corrected chi connectivity index (χ1v) is 11.9. The van der Waals surface area contributed by atoms with E-state index in [0.717, 1.165) is 44.8 Å². The maximum atomic E-state index is 12.6. The van der Waals surface area contributed by atoms with Crippen LogP contribution in [0.3, 0.4) is 0 Å². The minimum Gasteiger partial charge on any atom is -0.489 e. The molecule has 0 unspecified atom stereocenters. The van der Waals surface area contributed by atoms with E-state index < -0.39 is 0 Å². The van der Waals surface area contributed by atoms with E-state index in [-0.39, 0.29) is 36.6 Å². The third-order valence-corrected chi connectivity index (χ3v) is 6.39. The van der Waals surface area contributed by atoms with Crippen LogP contribution in [0.5, 0.6) is 5.75 Å². The van der Waals surface area contributed by atoms with Gasteiger partial charge >= 0.3 is 0 Å². The molecule has 0 spiro atoms. The minimum atomic E-state index is -0.342. The van der Waals surface area contributed by atoms with E-state index in [9.17, 15) is 14.4 Å². The van der Waals surface area contributed by atoms with Gasteiger partial charge < -0.3 is 14.6 Å². The Kier molecular flexibility index (Phi) is 7.67. The minimum absolute atomic E-state index is 0.122. The molecule has 1 aromatic heterocycles. The summed E-state index contributed by atoms with van der Waals surface area (Å²) in [5.41, 5.74) is 3.40. The highest BCUT2D eigenvalue weighted by atomic mass is 32.2. The number of benzene rings is 2. The lowest BCUT2D eigenvalue weighted by Gasteiger charge is -2.13. The first-order chi connectivity index (χ1) is 16.9. The van der Waals surface area contributed by atoms with Crippen molar-refractivity contribution < 1.29 is 23.6 Å². The number of imide groups is 1. The molecule has 1 saturated heterocycles. The molecule has 1 N–H and O–H groups in total. The van der Waals surface area contributed by atoms with Gasteiger partial charge in [-0.25, -0.2) is 0 Å². The largest absolute Gasteiger partial charge is 0.489 e. The Bertz CT molecular complexity index is 1230. The molecule has 0 saturated carbocycles. The van der Waals surface area contributed by atoms with Crippen LogP contribution in [0.1, 0.15) is 28.1 Å². The summed E-state index contributed by atoms with van der Waals surface area (Å²) in [6.45, 7) is 4.38. The number of amides is 3. The fraction of sp³-hybridized carbons (Fsp3) is 0.231. The van der Waals surface area contributed by atoms with Crippen LogP contribution < -0.4 is 10.1 Å². The molecule has 9 heteroatoms. The number of thioether (sulfide) groups is 1. The lowest BCUT2D eigenvalue weighted by Crippen LogP contribution is -2.37. The predicted molar refractivity (Wildman–Crippen MR) is 133 cm³/mol. The van der Waals surface area contributed by atoms with E-state index in [1.165, 1.54) is 0 Å². The van der Waals surface area contributed by atoms with Gasteiger partial charge in [-0.15, -0.1) is 0 Å². The SMILES string of the molecule is Cc1noc(C)c1COc1ccc(CC(=O)NCCN2C(=O)SC(=Cc3ccccc3)C2=O)cc1. The van der Waals surface area contributed by atoms with Crippen LogP contribution in [-0.4, -0.2) is 40.2 Å². The number of carbonyl (C=O) groups is 3.